The molecule has 0 saturated heterocycles. The van der Waals surface area contributed by atoms with E-state index in [1.807, 2.05) is 98.8 Å². The van der Waals surface area contributed by atoms with Crippen molar-refractivity contribution in [3.8, 4) is 17.2 Å². The summed E-state index contributed by atoms with van der Waals surface area (Å²) >= 11 is 0. The number of para-hydroxylation sites is 1. The molecule has 0 aliphatic heterocycles. The normalized spacial score (nSPS) is 13.0. The molecule has 1 unspecified atom stereocenters. The predicted molar refractivity (Wildman–Crippen MR) is 122 cm³/mol. The number of carbonyl (C=O) groups excluding carboxylic acids is 1. The van der Waals surface area contributed by atoms with Crippen LogP contribution < -0.4 is 9.47 Å². The van der Waals surface area contributed by atoms with Crippen molar-refractivity contribution in [3.63, 3.8) is 0 Å². The Bertz CT molecular complexity index is 990. The van der Waals surface area contributed by atoms with Gasteiger partial charge in [-0.3, -0.25) is 4.79 Å². The summed E-state index contributed by atoms with van der Waals surface area (Å²) in [7, 11) is 0. The first-order chi connectivity index (χ1) is 14.5. The van der Waals surface area contributed by atoms with Crippen LogP contribution in [0.2, 0.25) is 0 Å². The zero-order chi connectivity index (χ0) is 21.4. The molecule has 3 aromatic carbocycles. The van der Waals surface area contributed by atoms with Gasteiger partial charge in [-0.15, -0.1) is 0 Å². The molecule has 0 radical (unpaired) electrons. The van der Waals surface area contributed by atoms with Gasteiger partial charge >= 0.3 is 0 Å². The summed E-state index contributed by atoms with van der Waals surface area (Å²) in [5, 5.41) is 0. The smallest absolute Gasteiger partial charge is 0.140 e. The second-order valence-corrected chi connectivity index (χ2v) is 7.44. The molecule has 0 saturated carbocycles. The Hall–Kier alpha value is -3.33. The third kappa shape index (κ3) is 5.38. The molecule has 0 N–H and O–H groups in total. The van der Waals surface area contributed by atoms with Crippen LogP contribution in [0.15, 0.2) is 84.9 Å². The van der Waals surface area contributed by atoms with Crippen molar-refractivity contribution in [1.82, 2.24) is 0 Å². The topological polar surface area (TPSA) is 35.5 Å². The monoisotopic (exact) mass is 400 g/mol. The fourth-order valence-electron chi connectivity index (χ4n) is 3.29. The Morgan fingerprint density at radius 1 is 0.900 bits per heavy atom. The summed E-state index contributed by atoms with van der Waals surface area (Å²) in [5.41, 5.74) is 1.43. The highest BCUT2D eigenvalue weighted by Gasteiger charge is 2.30. The first-order valence-electron chi connectivity index (χ1n) is 10.2. The average Bonchev–Trinajstić information content (AvgIpc) is 2.75. The summed E-state index contributed by atoms with van der Waals surface area (Å²) < 4.78 is 11.4. The van der Waals surface area contributed by atoms with Gasteiger partial charge < -0.3 is 9.47 Å². The van der Waals surface area contributed by atoms with E-state index in [-0.39, 0.29) is 5.78 Å². The van der Waals surface area contributed by atoms with E-state index < -0.39 is 5.41 Å². The van der Waals surface area contributed by atoms with Crippen LogP contribution in [-0.2, 0) is 10.2 Å². The third-order valence-electron chi connectivity index (χ3n) is 5.25. The number of hydrogen-bond acceptors (Lipinski definition) is 3. The molecular weight excluding hydrogens is 372 g/mol. The fourth-order valence-corrected chi connectivity index (χ4v) is 3.29. The molecule has 3 nitrogen and oxygen atoms in total. The fraction of sp³-hybridized carbons (Fsp3) is 0.222. The number of ether oxygens (including phenoxy) is 2. The minimum absolute atomic E-state index is 0.137. The van der Waals surface area contributed by atoms with Crippen LogP contribution in [0, 0.1) is 0 Å². The van der Waals surface area contributed by atoms with E-state index in [9.17, 15) is 4.79 Å². The second kappa shape index (κ2) is 9.93. The highest BCUT2D eigenvalue weighted by Crippen LogP contribution is 2.31. The molecule has 0 aliphatic carbocycles. The molecule has 0 heterocycles. The summed E-state index contributed by atoms with van der Waals surface area (Å²) in [4.78, 5) is 12.5. The van der Waals surface area contributed by atoms with E-state index >= 15 is 0 Å². The van der Waals surface area contributed by atoms with E-state index in [0.717, 1.165) is 28.4 Å². The molecular formula is C27H28O3. The highest BCUT2D eigenvalue weighted by molar-refractivity contribution is 5.88. The maximum absolute atomic E-state index is 12.5. The average molecular weight is 401 g/mol. The molecule has 3 heteroatoms. The lowest BCUT2D eigenvalue weighted by molar-refractivity contribution is -0.121. The van der Waals surface area contributed by atoms with Crippen LogP contribution in [0.1, 0.15) is 38.3 Å². The van der Waals surface area contributed by atoms with Crippen LogP contribution in [-0.4, -0.2) is 12.4 Å². The Morgan fingerprint density at radius 2 is 1.60 bits per heavy atom. The van der Waals surface area contributed by atoms with Gasteiger partial charge in [-0.25, -0.2) is 0 Å². The molecule has 3 rings (SSSR count). The van der Waals surface area contributed by atoms with Crippen LogP contribution in [0.3, 0.4) is 0 Å². The van der Waals surface area contributed by atoms with Gasteiger partial charge in [-0.05, 0) is 74.7 Å². The molecule has 0 aromatic heterocycles. The van der Waals surface area contributed by atoms with Crippen molar-refractivity contribution < 1.29 is 14.3 Å². The molecule has 154 valence electrons. The third-order valence-corrected chi connectivity index (χ3v) is 5.25. The Balaban J connectivity index is 1.73. The Labute approximate surface area is 179 Å². The minimum atomic E-state index is -0.584. The van der Waals surface area contributed by atoms with Crippen molar-refractivity contribution >= 4 is 11.9 Å². The van der Waals surface area contributed by atoms with Gasteiger partial charge in [0.25, 0.3) is 0 Å². The van der Waals surface area contributed by atoms with E-state index in [1.54, 1.807) is 6.92 Å². The number of carbonyl (C=O) groups is 1. The SMILES string of the molecule is CCOc1ccc(C(C)(CC=Cc2cccc(Oc3ccccc3)c2)C(C)=O)cc1. The Morgan fingerprint density at radius 3 is 2.27 bits per heavy atom. The second-order valence-electron chi connectivity index (χ2n) is 7.44. The zero-order valence-corrected chi connectivity index (χ0v) is 17.8. The number of hydrogen-bond donors (Lipinski definition) is 0. The van der Waals surface area contributed by atoms with Crippen molar-refractivity contribution in [2.75, 3.05) is 6.61 Å². The largest absolute Gasteiger partial charge is 0.494 e. The van der Waals surface area contributed by atoms with Gasteiger partial charge in [0.2, 0.25) is 0 Å². The van der Waals surface area contributed by atoms with Gasteiger partial charge in [0.1, 0.15) is 23.0 Å². The standard InChI is InChI=1S/C27H28O3/c1-4-29-24-17-15-23(16-18-24)27(3,21(2)28)19-9-11-22-10-8-14-26(20-22)30-25-12-6-5-7-13-25/h5-18,20H,4,19H2,1-3H3. The maximum Gasteiger partial charge on any atom is 0.140 e. The summed E-state index contributed by atoms with van der Waals surface area (Å²) in [6.07, 6.45) is 4.70. The van der Waals surface area contributed by atoms with E-state index in [0.29, 0.717) is 13.0 Å². The maximum atomic E-state index is 12.5. The summed E-state index contributed by atoms with van der Waals surface area (Å²) in [6.45, 7) is 6.22. The van der Waals surface area contributed by atoms with Crippen LogP contribution in [0.5, 0.6) is 17.2 Å². The number of rotatable bonds is 9. The van der Waals surface area contributed by atoms with Gasteiger partial charge in [-0.2, -0.15) is 0 Å². The van der Waals surface area contributed by atoms with E-state index in [2.05, 4.69) is 6.08 Å². The van der Waals surface area contributed by atoms with Crippen molar-refractivity contribution in [1.29, 1.82) is 0 Å². The lowest BCUT2D eigenvalue weighted by Crippen LogP contribution is -2.29. The molecule has 0 amide bonds. The lowest BCUT2D eigenvalue weighted by atomic mass is 9.76. The number of ketones is 1. The number of Topliss-reactive ketones (excluding diaryl/α,β-unsaturated/α-hetero) is 1. The van der Waals surface area contributed by atoms with E-state index in [1.165, 1.54) is 0 Å². The number of allylic oxidation sites excluding steroid dienone is 1. The summed E-state index contributed by atoms with van der Waals surface area (Å²) in [5.74, 6) is 2.54. The molecule has 0 spiro atoms. The summed E-state index contributed by atoms with van der Waals surface area (Å²) in [6, 6.07) is 25.4. The quantitative estimate of drug-likeness (QED) is 0.395. The molecule has 0 aliphatic rings. The van der Waals surface area contributed by atoms with Crippen molar-refractivity contribution in [2.24, 2.45) is 0 Å². The van der Waals surface area contributed by atoms with Crippen LogP contribution in [0.4, 0.5) is 0 Å². The molecule has 0 fully saturated rings. The Kier molecular flexibility index (Phi) is 7.08. The van der Waals surface area contributed by atoms with E-state index in [4.69, 9.17) is 9.47 Å². The van der Waals surface area contributed by atoms with Gasteiger partial charge in [0.15, 0.2) is 0 Å². The molecule has 1 atom stereocenters. The van der Waals surface area contributed by atoms with Crippen LogP contribution in [0.25, 0.3) is 6.08 Å². The van der Waals surface area contributed by atoms with Gasteiger partial charge in [0, 0.05) is 0 Å². The van der Waals surface area contributed by atoms with Crippen molar-refractivity contribution in [2.45, 2.75) is 32.6 Å². The van der Waals surface area contributed by atoms with Gasteiger partial charge in [0.05, 0.1) is 12.0 Å². The first-order valence-corrected chi connectivity index (χ1v) is 10.2. The molecule has 0 bridgehead atoms. The molecule has 3 aromatic rings. The molecule has 30 heavy (non-hydrogen) atoms. The van der Waals surface area contributed by atoms with Crippen LogP contribution >= 0.6 is 0 Å². The highest BCUT2D eigenvalue weighted by atomic mass is 16.5. The van der Waals surface area contributed by atoms with Gasteiger partial charge in [-0.1, -0.05) is 54.6 Å². The predicted octanol–water partition coefficient (Wildman–Crippen LogP) is 6.83. The zero-order valence-electron chi connectivity index (χ0n) is 17.8. The first kappa shape index (κ1) is 21.4. The van der Waals surface area contributed by atoms with Crippen molar-refractivity contribution in [3.05, 3.63) is 96.1 Å². The lowest BCUT2D eigenvalue weighted by Gasteiger charge is -2.26. The minimum Gasteiger partial charge on any atom is -0.494 e. The number of benzene rings is 3.